The van der Waals surface area contributed by atoms with Crippen LogP contribution in [0.25, 0.3) is 0 Å². The smallest absolute Gasteiger partial charge is 0.338 e. The van der Waals surface area contributed by atoms with Crippen LogP contribution in [0.4, 0.5) is 5.69 Å². The van der Waals surface area contributed by atoms with E-state index in [2.05, 4.69) is 0 Å². The highest BCUT2D eigenvalue weighted by Gasteiger charge is 2.32. The number of hydrogen-bond acceptors (Lipinski definition) is 4. The monoisotopic (exact) mass is 283 g/mol. The van der Waals surface area contributed by atoms with Crippen molar-refractivity contribution in [3.63, 3.8) is 0 Å². The average molecular weight is 284 g/mol. The second-order valence-corrected chi connectivity index (χ2v) is 5.85. The molecule has 5 heteroatoms. The standard InChI is InChI=1S/C14H18ClNO3/c1-14(2)4-3-12(19-14)8-18-13(17)9-5-10(15)7-11(16)6-9/h5-7,12H,3-4,8,16H2,1-2H3. The minimum absolute atomic E-state index is 0.0320. The SMILES string of the molecule is CC1(C)CCC(COC(=O)c2cc(N)cc(Cl)c2)O1. The molecule has 1 aliphatic heterocycles. The van der Waals surface area contributed by atoms with E-state index in [1.165, 1.54) is 0 Å². The lowest BCUT2D eigenvalue weighted by atomic mass is 10.1. The Balaban J connectivity index is 1.91. The Bertz CT molecular complexity index is 467. The molecule has 1 aromatic carbocycles. The molecule has 1 heterocycles. The van der Waals surface area contributed by atoms with Gasteiger partial charge in [0.05, 0.1) is 17.3 Å². The fourth-order valence-electron chi connectivity index (χ4n) is 2.18. The third-order valence-corrected chi connectivity index (χ3v) is 3.33. The maximum Gasteiger partial charge on any atom is 0.338 e. The molecule has 0 saturated carbocycles. The Morgan fingerprint density at radius 2 is 2.26 bits per heavy atom. The number of ether oxygens (including phenoxy) is 2. The zero-order chi connectivity index (χ0) is 14.0. The van der Waals surface area contributed by atoms with Crippen LogP contribution in [-0.4, -0.2) is 24.3 Å². The Kier molecular flexibility index (Phi) is 4.02. The number of esters is 1. The van der Waals surface area contributed by atoms with E-state index >= 15 is 0 Å². The van der Waals surface area contributed by atoms with Crippen molar-refractivity contribution < 1.29 is 14.3 Å². The molecule has 2 rings (SSSR count). The van der Waals surface area contributed by atoms with Crippen LogP contribution < -0.4 is 5.73 Å². The maximum atomic E-state index is 11.9. The van der Waals surface area contributed by atoms with Crippen LogP contribution in [0.2, 0.25) is 5.02 Å². The molecule has 19 heavy (non-hydrogen) atoms. The molecule has 0 amide bonds. The summed E-state index contributed by atoms with van der Waals surface area (Å²) in [6.45, 7) is 4.33. The van der Waals surface area contributed by atoms with Gasteiger partial charge < -0.3 is 15.2 Å². The summed E-state index contributed by atoms with van der Waals surface area (Å²) >= 11 is 5.85. The van der Waals surface area contributed by atoms with E-state index in [-0.39, 0.29) is 18.3 Å². The van der Waals surface area contributed by atoms with Crippen LogP contribution in [0.15, 0.2) is 18.2 Å². The lowest BCUT2D eigenvalue weighted by Crippen LogP contribution is -2.24. The Labute approximate surface area is 117 Å². The number of anilines is 1. The quantitative estimate of drug-likeness (QED) is 0.684. The van der Waals surface area contributed by atoms with Gasteiger partial charge in [-0.1, -0.05) is 11.6 Å². The zero-order valence-electron chi connectivity index (χ0n) is 11.1. The van der Waals surface area contributed by atoms with Gasteiger partial charge in [-0.3, -0.25) is 0 Å². The molecule has 1 unspecified atom stereocenters. The molecule has 0 spiro atoms. The van der Waals surface area contributed by atoms with E-state index in [0.717, 1.165) is 12.8 Å². The van der Waals surface area contributed by atoms with Crippen LogP contribution in [-0.2, 0) is 9.47 Å². The van der Waals surface area contributed by atoms with Gasteiger partial charge in [-0.2, -0.15) is 0 Å². The van der Waals surface area contributed by atoms with Crippen LogP contribution in [0.5, 0.6) is 0 Å². The number of halogens is 1. The summed E-state index contributed by atoms with van der Waals surface area (Å²) in [5.41, 5.74) is 6.31. The minimum Gasteiger partial charge on any atom is -0.459 e. The number of nitrogen functional groups attached to an aromatic ring is 1. The van der Waals surface area contributed by atoms with Gasteiger partial charge in [-0.15, -0.1) is 0 Å². The zero-order valence-corrected chi connectivity index (χ0v) is 11.9. The average Bonchev–Trinajstić information content (AvgIpc) is 2.64. The highest BCUT2D eigenvalue weighted by Crippen LogP contribution is 2.29. The first-order valence-corrected chi connectivity index (χ1v) is 6.64. The molecule has 0 radical (unpaired) electrons. The molecule has 1 fully saturated rings. The van der Waals surface area contributed by atoms with Crippen molar-refractivity contribution in [1.29, 1.82) is 0 Å². The molecule has 4 nitrogen and oxygen atoms in total. The number of carbonyl (C=O) groups is 1. The van der Waals surface area contributed by atoms with Crippen molar-refractivity contribution in [2.75, 3.05) is 12.3 Å². The van der Waals surface area contributed by atoms with E-state index in [9.17, 15) is 4.79 Å². The molecule has 0 aromatic heterocycles. The molecule has 0 bridgehead atoms. The van der Waals surface area contributed by atoms with Crippen molar-refractivity contribution >= 4 is 23.3 Å². The van der Waals surface area contributed by atoms with Crippen molar-refractivity contribution in [2.45, 2.75) is 38.4 Å². The lowest BCUT2D eigenvalue weighted by molar-refractivity contribution is -0.0444. The van der Waals surface area contributed by atoms with Gasteiger partial charge in [0.1, 0.15) is 6.61 Å². The third-order valence-electron chi connectivity index (χ3n) is 3.11. The Morgan fingerprint density at radius 3 is 2.84 bits per heavy atom. The van der Waals surface area contributed by atoms with Crippen LogP contribution in [0.3, 0.4) is 0 Å². The fraction of sp³-hybridized carbons (Fsp3) is 0.500. The van der Waals surface area contributed by atoms with Gasteiger partial charge in [-0.05, 0) is 44.9 Å². The van der Waals surface area contributed by atoms with Crippen LogP contribution in [0, 0.1) is 0 Å². The predicted molar refractivity (Wildman–Crippen MR) is 74.3 cm³/mol. The van der Waals surface area contributed by atoms with Crippen LogP contribution >= 0.6 is 11.6 Å². The number of hydrogen-bond donors (Lipinski definition) is 1. The number of rotatable bonds is 3. The van der Waals surface area contributed by atoms with E-state index in [1.54, 1.807) is 18.2 Å². The first kappa shape index (κ1) is 14.2. The van der Waals surface area contributed by atoms with Gasteiger partial charge in [0.15, 0.2) is 0 Å². The van der Waals surface area contributed by atoms with Gasteiger partial charge in [0.25, 0.3) is 0 Å². The van der Waals surface area contributed by atoms with E-state index < -0.39 is 5.97 Å². The highest BCUT2D eigenvalue weighted by molar-refractivity contribution is 6.31. The van der Waals surface area contributed by atoms with Gasteiger partial charge in [0.2, 0.25) is 0 Å². The van der Waals surface area contributed by atoms with Crippen molar-refractivity contribution in [2.24, 2.45) is 0 Å². The third kappa shape index (κ3) is 3.85. The second kappa shape index (κ2) is 5.39. The number of benzene rings is 1. The summed E-state index contributed by atoms with van der Waals surface area (Å²) in [5.74, 6) is -0.428. The number of nitrogens with two attached hydrogens (primary N) is 1. The highest BCUT2D eigenvalue weighted by atomic mass is 35.5. The molecular weight excluding hydrogens is 266 g/mol. The lowest BCUT2D eigenvalue weighted by Gasteiger charge is -2.19. The fourth-order valence-corrected chi connectivity index (χ4v) is 2.42. The van der Waals surface area contributed by atoms with E-state index in [1.807, 2.05) is 13.8 Å². The molecule has 104 valence electrons. The van der Waals surface area contributed by atoms with E-state index in [0.29, 0.717) is 16.3 Å². The van der Waals surface area contributed by atoms with Gasteiger partial charge in [0, 0.05) is 10.7 Å². The molecule has 1 atom stereocenters. The molecule has 2 N–H and O–H groups in total. The summed E-state index contributed by atoms with van der Waals surface area (Å²) < 4.78 is 11.0. The maximum absolute atomic E-state index is 11.9. The summed E-state index contributed by atoms with van der Waals surface area (Å²) in [6.07, 6.45) is 1.84. The molecule has 1 aliphatic rings. The normalized spacial score (nSPS) is 21.3. The van der Waals surface area contributed by atoms with Gasteiger partial charge >= 0.3 is 5.97 Å². The van der Waals surface area contributed by atoms with Gasteiger partial charge in [-0.25, -0.2) is 4.79 Å². The summed E-state index contributed by atoms with van der Waals surface area (Å²) in [4.78, 5) is 11.9. The Hall–Kier alpha value is -1.26. The summed E-state index contributed by atoms with van der Waals surface area (Å²) in [5, 5.41) is 0.421. The minimum atomic E-state index is -0.428. The first-order valence-electron chi connectivity index (χ1n) is 6.27. The second-order valence-electron chi connectivity index (χ2n) is 5.41. The largest absolute Gasteiger partial charge is 0.459 e. The van der Waals surface area contributed by atoms with Crippen molar-refractivity contribution in [3.05, 3.63) is 28.8 Å². The molecule has 1 saturated heterocycles. The molecule has 0 aliphatic carbocycles. The molecule has 1 aromatic rings. The van der Waals surface area contributed by atoms with Crippen molar-refractivity contribution in [3.8, 4) is 0 Å². The first-order chi connectivity index (χ1) is 8.85. The number of carbonyl (C=O) groups excluding carboxylic acids is 1. The summed E-state index contributed by atoms with van der Waals surface area (Å²) in [6, 6.07) is 4.67. The Morgan fingerprint density at radius 1 is 1.53 bits per heavy atom. The topological polar surface area (TPSA) is 61.5 Å². The summed E-state index contributed by atoms with van der Waals surface area (Å²) in [7, 11) is 0. The van der Waals surface area contributed by atoms with E-state index in [4.69, 9.17) is 26.8 Å². The molecular formula is C14H18ClNO3. The predicted octanol–water partition coefficient (Wildman–Crippen LogP) is 3.04. The van der Waals surface area contributed by atoms with Crippen LogP contribution in [0.1, 0.15) is 37.0 Å². The van der Waals surface area contributed by atoms with Crippen molar-refractivity contribution in [1.82, 2.24) is 0 Å².